The fourth-order valence-corrected chi connectivity index (χ4v) is 5.11. The largest absolute Gasteiger partial charge is 0.368 e. The number of hydrogen-bond donors (Lipinski definition) is 3. The first-order valence-corrected chi connectivity index (χ1v) is 12.7. The van der Waals surface area contributed by atoms with Crippen molar-refractivity contribution in [3.63, 3.8) is 0 Å². The quantitative estimate of drug-likeness (QED) is 0.316. The number of nitrogens with two attached hydrogens (primary N) is 1. The molecule has 0 aromatic carbocycles. The smallest absolute Gasteiger partial charge is 0.227 e. The summed E-state index contributed by atoms with van der Waals surface area (Å²) < 4.78 is 2.29. The molecule has 188 valence electrons. The summed E-state index contributed by atoms with van der Waals surface area (Å²) in [5.41, 5.74) is 7.98. The molecule has 9 heteroatoms. The average molecular weight is 501 g/mol. The summed E-state index contributed by atoms with van der Waals surface area (Å²) in [4.78, 5) is 14.5. The molecule has 4 rings (SSSR count). The summed E-state index contributed by atoms with van der Waals surface area (Å²) in [6.07, 6.45) is 19.1. The van der Waals surface area contributed by atoms with Crippen LogP contribution < -0.4 is 16.4 Å². The normalized spacial score (nSPS) is 20.9. The molecule has 33 heavy (non-hydrogen) atoms. The number of nitrogens with one attached hydrogen (secondary N) is 2. The molecular formula is C24H43Cl2N7. The maximum absolute atomic E-state index is 6.09. The van der Waals surface area contributed by atoms with Gasteiger partial charge in [-0.05, 0) is 44.9 Å². The minimum Gasteiger partial charge on any atom is -0.368 e. The molecule has 0 amide bonds. The van der Waals surface area contributed by atoms with Gasteiger partial charge in [0.1, 0.15) is 0 Å². The van der Waals surface area contributed by atoms with Crippen LogP contribution in [-0.2, 0) is 0 Å². The highest BCUT2D eigenvalue weighted by atomic mass is 35.5. The Morgan fingerprint density at radius 1 is 0.939 bits per heavy atom. The van der Waals surface area contributed by atoms with Crippen molar-refractivity contribution in [1.29, 1.82) is 0 Å². The van der Waals surface area contributed by atoms with Crippen molar-refractivity contribution in [2.75, 3.05) is 17.2 Å². The first-order chi connectivity index (χ1) is 15.2. The fourth-order valence-electron chi connectivity index (χ4n) is 5.11. The fraction of sp³-hybridized carbons (Fsp3) is 0.792. The Kier molecular flexibility index (Phi) is 12.0. The van der Waals surface area contributed by atoms with Crippen LogP contribution >= 0.6 is 24.8 Å². The number of unbranched alkanes of at least 4 members (excludes halogenated alkanes) is 5. The van der Waals surface area contributed by atoms with E-state index < -0.39 is 0 Å². The van der Waals surface area contributed by atoms with Gasteiger partial charge >= 0.3 is 0 Å². The van der Waals surface area contributed by atoms with E-state index in [-0.39, 0.29) is 24.8 Å². The molecule has 2 heterocycles. The van der Waals surface area contributed by atoms with E-state index >= 15 is 0 Å². The maximum Gasteiger partial charge on any atom is 0.227 e. The third kappa shape index (κ3) is 7.59. The van der Waals surface area contributed by atoms with Crippen molar-refractivity contribution in [1.82, 2.24) is 19.5 Å². The molecule has 2 saturated carbocycles. The number of aromatic nitrogens is 4. The molecule has 2 fully saturated rings. The van der Waals surface area contributed by atoms with Crippen LogP contribution in [0.25, 0.3) is 11.2 Å². The molecule has 0 saturated heterocycles. The zero-order valence-electron chi connectivity index (χ0n) is 20.1. The van der Waals surface area contributed by atoms with E-state index in [1.54, 1.807) is 0 Å². The van der Waals surface area contributed by atoms with Gasteiger partial charge in [0.25, 0.3) is 0 Å². The predicted octanol–water partition coefficient (Wildman–Crippen LogP) is 6.24. The second-order valence-corrected chi connectivity index (χ2v) is 9.61. The number of anilines is 2. The topological polar surface area (TPSA) is 93.7 Å². The molecule has 0 bridgehead atoms. The highest BCUT2D eigenvalue weighted by Crippen LogP contribution is 2.33. The molecule has 2 aliphatic carbocycles. The van der Waals surface area contributed by atoms with E-state index in [9.17, 15) is 0 Å². The molecule has 4 N–H and O–H groups in total. The molecule has 0 radical (unpaired) electrons. The highest BCUT2D eigenvalue weighted by molar-refractivity contribution is 5.86. The van der Waals surface area contributed by atoms with Gasteiger partial charge in [0.15, 0.2) is 17.0 Å². The van der Waals surface area contributed by atoms with E-state index in [1.165, 1.54) is 64.2 Å². The molecule has 0 spiro atoms. The van der Waals surface area contributed by atoms with Gasteiger partial charge in [0.05, 0.1) is 6.33 Å². The van der Waals surface area contributed by atoms with Crippen molar-refractivity contribution in [3.05, 3.63) is 6.33 Å². The van der Waals surface area contributed by atoms with Crippen LogP contribution in [0.5, 0.6) is 0 Å². The van der Waals surface area contributed by atoms with E-state index in [2.05, 4.69) is 22.1 Å². The zero-order chi connectivity index (χ0) is 21.5. The Balaban J connectivity index is 0.00000193. The van der Waals surface area contributed by atoms with Crippen LogP contribution in [-0.4, -0.2) is 38.1 Å². The Hall–Kier alpha value is -1.31. The number of hydrogen-bond acceptors (Lipinski definition) is 6. The second-order valence-electron chi connectivity index (χ2n) is 9.61. The monoisotopic (exact) mass is 499 g/mol. The van der Waals surface area contributed by atoms with E-state index in [1.807, 2.05) is 6.33 Å². The van der Waals surface area contributed by atoms with Gasteiger partial charge in [-0.3, -0.25) is 0 Å². The van der Waals surface area contributed by atoms with Crippen molar-refractivity contribution >= 4 is 47.7 Å². The Morgan fingerprint density at radius 3 is 2.36 bits per heavy atom. The summed E-state index contributed by atoms with van der Waals surface area (Å²) in [5, 5.41) is 7.19. The number of rotatable bonds is 11. The average Bonchev–Trinajstić information content (AvgIpc) is 3.44. The number of halogens is 2. The lowest BCUT2D eigenvalue weighted by Gasteiger charge is -2.27. The van der Waals surface area contributed by atoms with Crippen molar-refractivity contribution in [3.8, 4) is 0 Å². The van der Waals surface area contributed by atoms with Gasteiger partial charge in [-0.15, -0.1) is 24.8 Å². The standard InChI is InChI=1S/C24H41N7.2ClH/c1-2-3-4-5-6-9-16-26-22-21-23(31(17-27-21)20-10-7-8-11-20)30-24(29-22)28-19-14-12-18(25)13-15-19;;/h17-20H,2-16,25H2,1H3,(H2,26,28,29,30);2*1H/t18-,19-;;. The molecule has 2 aromatic rings. The Bertz CT molecular complexity index is 814. The molecule has 2 aromatic heterocycles. The Labute approximate surface area is 211 Å². The molecule has 0 atom stereocenters. The van der Waals surface area contributed by atoms with Gasteiger partial charge in [-0.2, -0.15) is 9.97 Å². The zero-order valence-corrected chi connectivity index (χ0v) is 21.7. The summed E-state index contributed by atoms with van der Waals surface area (Å²) in [6.45, 7) is 3.20. The highest BCUT2D eigenvalue weighted by Gasteiger charge is 2.23. The minimum absolute atomic E-state index is 0. The lowest BCUT2D eigenvalue weighted by Crippen LogP contribution is -2.33. The van der Waals surface area contributed by atoms with Crippen LogP contribution in [0.1, 0.15) is 103 Å². The van der Waals surface area contributed by atoms with Crippen LogP contribution in [0.2, 0.25) is 0 Å². The van der Waals surface area contributed by atoms with E-state index in [0.29, 0.717) is 18.1 Å². The number of imidazole rings is 1. The molecule has 2 aliphatic rings. The van der Waals surface area contributed by atoms with Crippen LogP contribution in [0.15, 0.2) is 6.33 Å². The van der Waals surface area contributed by atoms with Gasteiger partial charge in [0.2, 0.25) is 5.95 Å². The van der Waals surface area contributed by atoms with E-state index in [4.69, 9.17) is 20.7 Å². The van der Waals surface area contributed by atoms with Crippen molar-refractivity contribution in [2.24, 2.45) is 5.73 Å². The molecular weight excluding hydrogens is 457 g/mol. The number of fused-ring (bicyclic) bond motifs is 1. The predicted molar refractivity (Wildman–Crippen MR) is 143 cm³/mol. The van der Waals surface area contributed by atoms with Crippen LogP contribution in [0.3, 0.4) is 0 Å². The van der Waals surface area contributed by atoms with Gasteiger partial charge < -0.3 is 20.9 Å². The lowest BCUT2D eigenvalue weighted by molar-refractivity contribution is 0.410. The SMILES string of the molecule is CCCCCCCCNc1nc(N[C@H]2CC[C@H](N)CC2)nc2c1ncn2C1CCCC1.Cl.Cl. The van der Waals surface area contributed by atoms with Gasteiger partial charge in [-0.1, -0.05) is 51.9 Å². The van der Waals surface area contributed by atoms with Gasteiger partial charge in [-0.25, -0.2) is 4.98 Å². The van der Waals surface area contributed by atoms with Crippen LogP contribution in [0, 0.1) is 0 Å². The lowest BCUT2D eigenvalue weighted by atomic mass is 9.92. The number of nitrogens with zero attached hydrogens (tertiary/aromatic N) is 4. The molecule has 7 nitrogen and oxygen atoms in total. The third-order valence-electron chi connectivity index (χ3n) is 7.07. The maximum atomic E-state index is 6.09. The first kappa shape index (κ1) is 27.9. The summed E-state index contributed by atoms with van der Waals surface area (Å²) in [7, 11) is 0. The third-order valence-corrected chi connectivity index (χ3v) is 7.07. The van der Waals surface area contributed by atoms with Crippen molar-refractivity contribution in [2.45, 2.75) is 115 Å². The Morgan fingerprint density at radius 2 is 1.64 bits per heavy atom. The van der Waals surface area contributed by atoms with Crippen molar-refractivity contribution < 1.29 is 0 Å². The summed E-state index contributed by atoms with van der Waals surface area (Å²) >= 11 is 0. The van der Waals surface area contributed by atoms with E-state index in [0.717, 1.165) is 55.2 Å². The molecule has 0 aliphatic heterocycles. The molecule has 0 unspecified atom stereocenters. The summed E-state index contributed by atoms with van der Waals surface area (Å²) in [5.74, 6) is 1.61. The van der Waals surface area contributed by atoms with Gasteiger partial charge in [0, 0.05) is 24.7 Å². The second kappa shape index (κ2) is 14.2. The minimum atomic E-state index is 0. The van der Waals surface area contributed by atoms with Crippen LogP contribution in [0.4, 0.5) is 11.8 Å². The first-order valence-electron chi connectivity index (χ1n) is 12.7. The summed E-state index contributed by atoms with van der Waals surface area (Å²) in [6, 6.07) is 1.28.